The van der Waals surface area contributed by atoms with Crippen LogP contribution in [0.4, 0.5) is 0 Å². The molecule has 3 aromatic carbocycles. The zero-order chi connectivity index (χ0) is 42.3. The Morgan fingerprint density at radius 2 is 1.77 bits per heavy atom. The van der Waals surface area contributed by atoms with Gasteiger partial charge in [0.1, 0.15) is 29.6 Å². The van der Waals surface area contributed by atoms with Crippen LogP contribution in [0.5, 0.6) is 28.7 Å². The Labute approximate surface area is 356 Å². The second-order valence-corrected chi connectivity index (χ2v) is 16.5. The van der Waals surface area contributed by atoms with Crippen molar-refractivity contribution in [3.8, 4) is 28.7 Å². The summed E-state index contributed by atoms with van der Waals surface area (Å²) in [6.45, 7) is 5.00. The van der Waals surface area contributed by atoms with Gasteiger partial charge in [0.15, 0.2) is 11.5 Å². The second-order valence-electron chi connectivity index (χ2n) is 16.5. The van der Waals surface area contributed by atoms with Crippen molar-refractivity contribution >= 4 is 17.9 Å². The number of aliphatic hydroxyl groups is 2. The van der Waals surface area contributed by atoms with Crippen LogP contribution in [-0.4, -0.2) is 91.4 Å². The van der Waals surface area contributed by atoms with E-state index >= 15 is 0 Å². The number of allylic oxidation sites excluding steroid dienone is 1. The normalized spacial score (nSPS) is 26.6. The quantitative estimate of drug-likeness (QED) is 0.0555. The predicted octanol–water partition coefficient (Wildman–Crippen LogP) is 7.95. The maximum absolute atomic E-state index is 14.7. The third kappa shape index (κ3) is 8.79. The molecule has 2 fully saturated rings. The van der Waals surface area contributed by atoms with Crippen LogP contribution in [0.15, 0.2) is 90.1 Å². The lowest BCUT2D eigenvalue weighted by molar-refractivity contribution is -0.252. The van der Waals surface area contributed by atoms with Gasteiger partial charge in [-0.05, 0) is 104 Å². The van der Waals surface area contributed by atoms with Crippen molar-refractivity contribution in [3.05, 3.63) is 102 Å². The molecule has 1 unspecified atom stereocenters. The molecule has 0 bridgehead atoms. The highest BCUT2D eigenvalue weighted by molar-refractivity contribution is 6.03. The number of hydrogen-bond acceptors (Lipinski definition) is 12. The summed E-state index contributed by atoms with van der Waals surface area (Å²) in [7, 11) is 1.77. The molecular weight excluding hydrogens is 781 g/mol. The molecule has 2 N–H and O–H groups in total. The van der Waals surface area contributed by atoms with Gasteiger partial charge in [0.2, 0.25) is 18.9 Å². The topological polar surface area (TPSA) is 155 Å². The van der Waals surface area contributed by atoms with Crippen molar-refractivity contribution in [2.45, 2.75) is 88.2 Å². The summed E-state index contributed by atoms with van der Waals surface area (Å²) in [5.41, 5.74) is 3.44. The summed E-state index contributed by atoms with van der Waals surface area (Å²) in [5.74, 6) is 0.412. The smallest absolute Gasteiger partial charge is 0.254 e. The number of aldehydes is 1. The van der Waals surface area contributed by atoms with Crippen LogP contribution in [-0.2, 0) is 14.3 Å². The van der Waals surface area contributed by atoms with E-state index < -0.39 is 24.0 Å². The van der Waals surface area contributed by atoms with Gasteiger partial charge in [-0.1, -0.05) is 42.3 Å². The van der Waals surface area contributed by atoms with E-state index in [1.165, 1.54) is 0 Å². The first-order valence-corrected chi connectivity index (χ1v) is 21.6. The summed E-state index contributed by atoms with van der Waals surface area (Å²) in [4.78, 5) is 34.3. The van der Waals surface area contributed by atoms with E-state index in [9.17, 15) is 19.8 Å². The number of rotatable bonds is 18. The number of carbonyl (C=O) groups excluding carboxylic acids is 2. The van der Waals surface area contributed by atoms with E-state index in [1.54, 1.807) is 54.4 Å². The first kappa shape index (κ1) is 42.5. The van der Waals surface area contributed by atoms with Crippen molar-refractivity contribution in [1.29, 1.82) is 0 Å². The average Bonchev–Trinajstić information content (AvgIpc) is 3.77. The SMILES string of the molecule is C=CCO[C@@]12Oc3ccc(Oc4cccc(C=O)c4)cc3[C@H]3[C@H](CCCCO)[C@@H](CCCCO)C=C(C(=NOC4CCCCO4)C[C@@H]1N(C)C(=O)c1ccc4c(c1)OCO4)[C@H]32. The van der Waals surface area contributed by atoms with Crippen LogP contribution in [0, 0.1) is 17.8 Å². The maximum Gasteiger partial charge on any atom is 0.254 e. The number of amides is 1. The van der Waals surface area contributed by atoms with E-state index in [0.29, 0.717) is 71.5 Å². The van der Waals surface area contributed by atoms with Crippen LogP contribution >= 0.6 is 0 Å². The largest absolute Gasteiger partial charge is 0.459 e. The summed E-state index contributed by atoms with van der Waals surface area (Å²) in [5, 5.41) is 24.8. The molecule has 0 spiro atoms. The molecule has 8 rings (SSSR count). The standard InChI is InChI=1S/C48H56N2O11/c1-3-22-58-48-43(50(2)47(54)33-16-18-41-42(26-33)57-30-56-41)28-39(49-61-44-15-6-9-23-55-44)37-25-32(12-4-7-20-51)36(14-5-8-21-52)45(46(37)48)38-27-35(17-19-40(38)60-48)59-34-13-10-11-31(24-34)29-53/h3,10-11,13,16-19,24-27,29,32,36,43-46,51-52H,1,4-9,12,14-15,20-23,28,30H2,2H3/t32-,36+,43-,44?,45+,46+,48+/m0/s1. The van der Waals surface area contributed by atoms with Crippen molar-refractivity contribution in [3.63, 3.8) is 0 Å². The Kier molecular flexibility index (Phi) is 13.4. The molecule has 13 nitrogen and oxygen atoms in total. The van der Waals surface area contributed by atoms with E-state index in [0.717, 1.165) is 55.9 Å². The fourth-order valence-corrected chi connectivity index (χ4v) is 9.87. The van der Waals surface area contributed by atoms with Crippen molar-refractivity contribution in [2.75, 3.05) is 40.3 Å². The zero-order valence-corrected chi connectivity index (χ0v) is 34.7. The summed E-state index contributed by atoms with van der Waals surface area (Å²) >= 11 is 0. The Hall–Kier alpha value is -5.21. The highest BCUT2D eigenvalue weighted by Crippen LogP contribution is 2.62. The summed E-state index contributed by atoms with van der Waals surface area (Å²) in [6, 6.07) is 17.2. The molecule has 1 saturated heterocycles. The van der Waals surface area contributed by atoms with E-state index in [1.807, 2.05) is 24.3 Å². The van der Waals surface area contributed by atoms with Crippen LogP contribution in [0.3, 0.4) is 0 Å². The third-order valence-corrected chi connectivity index (χ3v) is 12.7. The summed E-state index contributed by atoms with van der Waals surface area (Å²) in [6.07, 6.45) is 11.7. The highest BCUT2D eigenvalue weighted by atomic mass is 16.8. The van der Waals surface area contributed by atoms with Gasteiger partial charge >= 0.3 is 0 Å². The lowest BCUT2D eigenvalue weighted by Gasteiger charge is -2.59. The number of nitrogens with zero attached hydrogens (tertiary/aromatic N) is 2. The van der Waals surface area contributed by atoms with Crippen LogP contribution in [0.25, 0.3) is 0 Å². The highest BCUT2D eigenvalue weighted by Gasteiger charge is 2.65. The zero-order valence-electron chi connectivity index (χ0n) is 34.7. The number of hydrogen-bond donors (Lipinski definition) is 2. The van der Waals surface area contributed by atoms with E-state index in [4.69, 9.17) is 38.4 Å². The van der Waals surface area contributed by atoms with Gasteiger partial charge in [0.05, 0.1) is 24.8 Å². The Bertz CT molecular complexity index is 2110. The van der Waals surface area contributed by atoms with Crippen molar-refractivity contribution < 1.29 is 53.1 Å². The van der Waals surface area contributed by atoms with Crippen LogP contribution in [0.2, 0.25) is 0 Å². The van der Waals surface area contributed by atoms with Gasteiger partial charge in [-0.2, -0.15) is 0 Å². The second kappa shape index (κ2) is 19.2. The third-order valence-electron chi connectivity index (χ3n) is 12.7. The molecule has 61 heavy (non-hydrogen) atoms. The number of benzene rings is 3. The number of carbonyl (C=O) groups is 2. The van der Waals surface area contributed by atoms with Crippen molar-refractivity contribution in [1.82, 2.24) is 4.90 Å². The average molecular weight is 837 g/mol. The fourth-order valence-electron chi connectivity index (χ4n) is 9.87. The van der Waals surface area contributed by atoms with Crippen LogP contribution in [0.1, 0.15) is 96.4 Å². The first-order valence-electron chi connectivity index (χ1n) is 21.6. The molecular formula is C48H56N2O11. The number of aliphatic hydroxyl groups excluding tert-OH is 2. The number of unbranched alkanes of at least 4 members (excludes halogenated alkanes) is 2. The molecule has 0 radical (unpaired) electrons. The molecule has 0 aromatic heterocycles. The van der Waals surface area contributed by atoms with Crippen LogP contribution < -0.4 is 18.9 Å². The predicted molar refractivity (Wildman–Crippen MR) is 226 cm³/mol. The van der Waals surface area contributed by atoms with E-state index in [-0.39, 0.29) is 56.7 Å². The van der Waals surface area contributed by atoms with Gasteiger partial charge in [-0.25, -0.2) is 0 Å². The Balaban J connectivity index is 1.30. The van der Waals surface area contributed by atoms with E-state index in [2.05, 4.69) is 12.7 Å². The molecule has 3 aromatic rings. The van der Waals surface area contributed by atoms with Gasteiger partial charge in [0, 0.05) is 55.7 Å². The first-order chi connectivity index (χ1) is 29.9. The molecule has 1 saturated carbocycles. The number of ether oxygens (including phenoxy) is 6. The maximum atomic E-state index is 14.7. The molecule has 1 amide bonds. The molecule has 2 aliphatic carbocycles. The minimum Gasteiger partial charge on any atom is -0.459 e. The Morgan fingerprint density at radius 1 is 0.967 bits per heavy atom. The number of likely N-dealkylation sites (N-methyl/N-ethyl adjacent to an activating group) is 1. The molecule has 3 heterocycles. The lowest BCUT2D eigenvalue weighted by atomic mass is 9.55. The minimum atomic E-state index is -1.43. The monoisotopic (exact) mass is 836 g/mol. The van der Waals surface area contributed by atoms with Gasteiger partial charge < -0.3 is 48.4 Å². The Morgan fingerprint density at radius 3 is 2.56 bits per heavy atom. The van der Waals surface area contributed by atoms with Crippen molar-refractivity contribution in [2.24, 2.45) is 22.9 Å². The van der Waals surface area contributed by atoms with Gasteiger partial charge in [-0.15, -0.1) is 6.58 Å². The minimum absolute atomic E-state index is 0.0273. The molecule has 7 atom stereocenters. The summed E-state index contributed by atoms with van der Waals surface area (Å²) < 4.78 is 37.9. The fraction of sp³-hybridized carbons (Fsp3) is 0.479. The number of oxime groups is 1. The van der Waals surface area contributed by atoms with Gasteiger partial charge in [0.25, 0.3) is 5.91 Å². The number of fused-ring (bicyclic) bond motifs is 3. The lowest BCUT2D eigenvalue weighted by Crippen LogP contribution is -2.69. The molecule has 324 valence electrons. The van der Waals surface area contributed by atoms with Gasteiger partial charge in [-0.3, -0.25) is 9.59 Å². The molecule has 13 heteroatoms. The molecule has 3 aliphatic heterocycles. The molecule has 5 aliphatic rings.